The highest BCUT2D eigenvalue weighted by atomic mass is 16.5. The van der Waals surface area contributed by atoms with E-state index in [-0.39, 0.29) is 12.5 Å². The SMILES string of the molecule is CC1OCCC1(O)CC(=O)O. The van der Waals surface area contributed by atoms with E-state index >= 15 is 0 Å². The van der Waals surface area contributed by atoms with E-state index in [1.807, 2.05) is 0 Å². The minimum atomic E-state index is -1.15. The van der Waals surface area contributed by atoms with Crippen LogP contribution < -0.4 is 0 Å². The first-order valence-corrected chi connectivity index (χ1v) is 3.60. The molecule has 0 aromatic carbocycles. The van der Waals surface area contributed by atoms with Gasteiger partial charge < -0.3 is 14.9 Å². The molecule has 0 aromatic rings. The molecule has 4 nitrogen and oxygen atoms in total. The number of carboxylic acids is 1. The lowest BCUT2D eigenvalue weighted by molar-refractivity contribution is -0.144. The molecule has 11 heavy (non-hydrogen) atoms. The molecule has 1 aliphatic heterocycles. The summed E-state index contributed by atoms with van der Waals surface area (Å²) in [5, 5.41) is 18.1. The highest BCUT2D eigenvalue weighted by Gasteiger charge is 2.41. The minimum absolute atomic E-state index is 0.228. The molecule has 0 saturated carbocycles. The van der Waals surface area contributed by atoms with E-state index in [0.29, 0.717) is 13.0 Å². The second-order valence-electron chi connectivity index (χ2n) is 2.94. The molecular weight excluding hydrogens is 148 g/mol. The summed E-state index contributed by atoms with van der Waals surface area (Å²) in [4.78, 5) is 10.3. The molecule has 64 valence electrons. The van der Waals surface area contributed by atoms with Crippen LogP contribution in [0, 0.1) is 0 Å². The average Bonchev–Trinajstić information content (AvgIpc) is 2.11. The largest absolute Gasteiger partial charge is 0.481 e. The van der Waals surface area contributed by atoms with Gasteiger partial charge in [0.25, 0.3) is 0 Å². The molecule has 0 aromatic heterocycles. The predicted molar refractivity (Wildman–Crippen MR) is 37.2 cm³/mol. The second-order valence-corrected chi connectivity index (χ2v) is 2.94. The van der Waals surface area contributed by atoms with Crippen LogP contribution in [0.2, 0.25) is 0 Å². The first-order valence-electron chi connectivity index (χ1n) is 3.60. The highest BCUT2D eigenvalue weighted by Crippen LogP contribution is 2.28. The zero-order valence-electron chi connectivity index (χ0n) is 6.41. The van der Waals surface area contributed by atoms with Crippen molar-refractivity contribution in [3.63, 3.8) is 0 Å². The van der Waals surface area contributed by atoms with Gasteiger partial charge >= 0.3 is 5.97 Å². The fraction of sp³-hybridized carbons (Fsp3) is 0.857. The van der Waals surface area contributed by atoms with Gasteiger partial charge in [-0.05, 0) is 6.92 Å². The first-order chi connectivity index (χ1) is 5.04. The molecule has 0 radical (unpaired) electrons. The Hall–Kier alpha value is -0.610. The Kier molecular flexibility index (Phi) is 2.15. The van der Waals surface area contributed by atoms with E-state index in [2.05, 4.69) is 0 Å². The Labute approximate surface area is 64.8 Å². The van der Waals surface area contributed by atoms with Crippen molar-refractivity contribution in [2.45, 2.75) is 31.5 Å². The van der Waals surface area contributed by atoms with Crippen molar-refractivity contribution in [2.24, 2.45) is 0 Å². The van der Waals surface area contributed by atoms with Gasteiger partial charge in [-0.2, -0.15) is 0 Å². The smallest absolute Gasteiger partial charge is 0.306 e. The first kappa shape index (κ1) is 8.49. The van der Waals surface area contributed by atoms with Crippen molar-refractivity contribution in [3.05, 3.63) is 0 Å². The van der Waals surface area contributed by atoms with Crippen molar-refractivity contribution < 1.29 is 19.7 Å². The van der Waals surface area contributed by atoms with E-state index < -0.39 is 11.6 Å². The van der Waals surface area contributed by atoms with Gasteiger partial charge in [0.15, 0.2) is 0 Å². The summed E-state index contributed by atoms with van der Waals surface area (Å²) in [6, 6.07) is 0. The summed E-state index contributed by atoms with van der Waals surface area (Å²) in [5.74, 6) is -0.982. The minimum Gasteiger partial charge on any atom is -0.481 e. The van der Waals surface area contributed by atoms with Crippen LogP contribution in [-0.2, 0) is 9.53 Å². The lowest BCUT2D eigenvalue weighted by atomic mass is 9.93. The number of carboxylic acid groups (broad SMARTS) is 1. The number of aliphatic carboxylic acids is 1. The third kappa shape index (κ3) is 1.70. The summed E-state index contributed by atoms with van der Waals surface area (Å²) in [6.45, 7) is 2.14. The van der Waals surface area contributed by atoms with Crippen LogP contribution in [-0.4, -0.2) is 34.5 Å². The lowest BCUT2D eigenvalue weighted by Gasteiger charge is -2.23. The Morgan fingerprint density at radius 3 is 2.82 bits per heavy atom. The van der Waals surface area contributed by atoms with Gasteiger partial charge in [-0.25, -0.2) is 0 Å². The van der Waals surface area contributed by atoms with Gasteiger partial charge in [0.2, 0.25) is 0 Å². The van der Waals surface area contributed by atoms with E-state index in [1.54, 1.807) is 6.92 Å². The third-order valence-electron chi connectivity index (χ3n) is 2.12. The summed E-state index contributed by atoms with van der Waals surface area (Å²) >= 11 is 0. The number of aliphatic hydroxyl groups is 1. The number of hydrogen-bond acceptors (Lipinski definition) is 3. The van der Waals surface area contributed by atoms with E-state index in [4.69, 9.17) is 9.84 Å². The number of hydrogen-bond donors (Lipinski definition) is 2. The van der Waals surface area contributed by atoms with Crippen LogP contribution in [0.5, 0.6) is 0 Å². The van der Waals surface area contributed by atoms with Crippen LogP contribution in [0.15, 0.2) is 0 Å². The van der Waals surface area contributed by atoms with Crippen molar-refractivity contribution in [1.82, 2.24) is 0 Å². The Morgan fingerprint density at radius 1 is 1.82 bits per heavy atom. The molecule has 4 heteroatoms. The molecule has 1 aliphatic rings. The molecule has 1 saturated heterocycles. The quantitative estimate of drug-likeness (QED) is 0.596. The van der Waals surface area contributed by atoms with Crippen molar-refractivity contribution in [2.75, 3.05) is 6.61 Å². The molecule has 2 N–H and O–H groups in total. The zero-order valence-corrected chi connectivity index (χ0v) is 6.41. The van der Waals surface area contributed by atoms with Crippen LogP contribution in [0.1, 0.15) is 19.8 Å². The molecule has 1 fully saturated rings. The Balaban J connectivity index is 2.58. The molecule has 0 spiro atoms. The van der Waals surface area contributed by atoms with Crippen LogP contribution >= 0.6 is 0 Å². The number of ether oxygens (including phenoxy) is 1. The van der Waals surface area contributed by atoms with Gasteiger partial charge in [-0.3, -0.25) is 4.79 Å². The number of carbonyl (C=O) groups is 1. The van der Waals surface area contributed by atoms with Gasteiger partial charge in [-0.1, -0.05) is 0 Å². The lowest BCUT2D eigenvalue weighted by Crippen LogP contribution is -2.38. The molecule has 2 unspecified atom stereocenters. The standard InChI is InChI=1S/C7H12O4/c1-5-7(10,2-3-11-5)4-6(8)9/h5,10H,2-4H2,1H3,(H,8,9). The molecule has 1 heterocycles. The summed E-state index contributed by atoms with van der Waals surface area (Å²) < 4.78 is 5.06. The molecule has 0 bridgehead atoms. The molecule has 2 atom stereocenters. The molecule has 1 rings (SSSR count). The van der Waals surface area contributed by atoms with Gasteiger partial charge in [0.1, 0.15) is 5.60 Å². The van der Waals surface area contributed by atoms with Gasteiger partial charge in [0.05, 0.1) is 12.5 Å². The van der Waals surface area contributed by atoms with Crippen LogP contribution in [0.25, 0.3) is 0 Å². The van der Waals surface area contributed by atoms with Crippen LogP contribution in [0.4, 0.5) is 0 Å². The monoisotopic (exact) mass is 160 g/mol. The third-order valence-corrected chi connectivity index (χ3v) is 2.12. The predicted octanol–water partition coefficient (Wildman–Crippen LogP) is 0.001000. The summed E-state index contributed by atoms with van der Waals surface area (Å²) in [5.41, 5.74) is -1.15. The second kappa shape index (κ2) is 2.79. The topological polar surface area (TPSA) is 66.8 Å². The van der Waals surface area contributed by atoms with Crippen molar-refractivity contribution in [3.8, 4) is 0 Å². The normalized spacial score (nSPS) is 37.5. The molecular formula is C7H12O4. The van der Waals surface area contributed by atoms with Gasteiger partial charge in [-0.15, -0.1) is 0 Å². The summed E-state index contributed by atoms with van der Waals surface area (Å²) in [7, 11) is 0. The maximum absolute atomic E-state index is 10.3. The average molecular weight is 160 g/mol. The number of rotatable bonds is 2. The van der Waals surface area contributed by atoms with Gasteiger partial charge in [0, 0.05) is 13.0 Å². The fourth-order valence-electron chi connectivity index (χ4n) is 1.26. The summed E-state index contributed by atoms with van der Waals surface area (Å²) in [6.07, 6.45) is -0.173. The van der Waals surface area contributed by atoms with E-state index in [1.165, 1.54) is 0 Å². The maximum Gasteiger partial charge on any atom is 0.306 e. The van der Waals surface area contributed by atoms with Crippen LogP contribution in [0.3, 0.4) is 0 Å². The van der Waals surface area contributed by atoms with Crippen molar-refractivity contribution >= 4 is 5.97 Å². The maximum atomic E-state index is 10.3. The molecule has 0 aliphatic carbocycles. The zero-order chi connectivity index (χ0) is 8.48. The fourth-order valence-corrected chi connectivity index (χ4v) is 1.26. The Morgan fingerprint density at radius 2 is 2.45 bits per heavy atom. The highest BCUT2D eigenvalue weighted by molar-refractivity contribution is 5.68. The Bertz CT molecular complexity index is 168. The molecule has 0 amide bonds. The van der Waals surface area contributed by atoms with E-state index in [0.717, 1.165) is 0 Å². The van der Waals surface area contributed by atoms with Crippen molar-refractivity contribution in [1.29, 1.82) is 0 Å². The van der Waals surface area contributed by atoms with E-state index in [9.17, 15) is 9.90 Å².